The lowest BCUT2D eigenvalue weighted by molar-refractivity contribution is -0.384. The molecule has 104 valence electrons. The maximum Gasteiger partial charge on any atom is 0.289 e. The van der Waals surface area contributed by atoms with E-state index in [1.807, 2.05) is 0 Å². The van der Waals surface area contributed by atoms with Gasteiger partial charge >= 0.3 is 0 Å². The van der Waals surface area contributed by atoms with Crippen LogP contribution in [0.4, 0.5) is 15.8 Å². The SMILES string of the molecule is O=[N+]([O-])c1cc(NCc2cc(F)ccc2O)ccc1Cl. The number of anilines is 1. The zero-order chi connectivity index (χ0) is 14.7. The fourth-order valence-corrected chi connectivity index (χ4v) is 1.84. The van der Waals surface area contributed by atoms with Crippen LogP contribution in [0.25, 0.3) is 0 Å². The van der Waals surface area contributed by atoms with Crippen LogP contribution in [0.15, 0.2) is 36.4 Å². The Balaban J connectivity index is 2.17. The molecular weight excluding hydrogens is 287 g/mol. The van der Waals surface area contributed by atoms with Crippen LogP contribution in [0.3, 0.4) is 0 Å². The van der Waals surface area contributed by atoms with Crippen molar-refractivity contribution in [3.63, 3.8) is 0 Å². The third-order valence-corrected chi connectivity index (χ3v) is 2.99. The van der Waals surface area contributed by atoms with Crippen LogP contribution in [-0.2, 0) is 6.54 Å². The predicted molar refractivity (Wildman–Crippen MR) is 73.5 cm³/mol. The second kappa shape index (κ2) is 5.75. The van der Waals surface area contributed by atoms with Crippen molar-refractivity contribution < 1.29 is 14.4 Å². The van der Waals surface area contributed by atoms with Gasteiger partial charge < -0.3 is 10.4 Å². The molecule has 0 heterocycles. The Bertz CT molecular complexity index is 664. The van der Waals surface area contributed by atoms with Crippen LogP contribution in [0, 0.1) is 15.9 Å². The highest BCUT2D eigenvalue weighted by Gasteiger charge is 2.12. The summed E-state index contributed by atoms with van der Waals surface area (Å²) in [5, 5.41) is 23.2. The smallest absolute Gasteiger partial charge is 0.289 e. The van der Waals surface area contributed by atoms with Gasteiger partial charge in [0.2, 0.25) is 0 Å². The minimum absolute atomic E-state index is 0.0363. The second-order valence-corrected chi connectivity index (χ2v) is 4.46. The van der Waals surface area contributed by atoms with Gasteiger partial charge in [0.05, 0.1) is 4.92 Å². The Kier molecular flexibility index (Phi) is 4.05. The van der Waals surface area contributed by atoms with E-state index >= 15 is 0 Å². The first-order chi connectivity index (χ1) is 9.47. The third-order valence-electron chi connectivity index (χ3n) is 2.67. The Labute approximate surface area is 118 Å². The van der Waals surface area contributed by atoms with Crippen LogP contribution in [0.5, 0.6) is 5.75 Å². The molecule has 2 aromatic rings. The van der Waals surface area contributed by atoms with E-state index in [0.29, 0.717) is 11.3 Å². The number of hydrogen-bond acceptors (Lipinski definition) is 4. The van der Waals surface area contributed by atoms with Gasteiger partial charge in [-0.25, -0.2) is 4.39 Å². The first-order valence-corrected chi connectivity index (χ1v) is 6.00. The number of phenols is 1. The van der Waals surface area contributed by atoms with E-state index in [9.17, 15) is 19.6 Å². The molecular formula is C13H10ClFN2O3. The number of nitrogens with zero attached hydrogens (tertiary/aromatic N) is 1. The molecule has 5 nitrogen and oxygen atoms in total. The zero-order valence-corrected chi connectivity index (χ0v) is 10.9. The number of nitro benzene ring substituents is 1. The molecule has 20 heavy (non-hydrogen) atoms. The Morgan fingerprint density at radius 2 is 2.05 bits per heavy atom. The molecule has 2 N–H and O–H groups in total. The van der Waals surface area contributed by atoms with Crippen LogP contribution < -0.4 is 5.32 Å². The number of phenolic OH excluding ortho intramolecular Hbond substituents is 1. The number of nitrogens with one attached hydrogen (secondary N) is 1. The monoisotopic (exact) mass is 296 g/mol. The first kappa shape index (κ1) is 14.1. The number of halogens is 2. The minimum atomic E-state index is -0.590. The topological polar surface area (TPSA) is 75.4 Å². The maximum atomic E-state index is 13.1. The molecule has 0 aromatic heterocycles. The predicted octanol–water partition coefficient (Wildman–Crippen LogP) is 3.71. The molecule has 2 rings (SSSR count). The van der Waals surface area contributed by atoms with E-state index < -0.39 is 10.7 Å². The summed E-state index contributed by atoms with van der Waals surface area (Å²) in [5.74, 6) is -0.524. The quantitative estimate of drug-likeness (QED) is 0.666. The molecule has 0 aliphatic rings. The summed E-state index contributed by atoms with van der Waals surface area (Å²) in [7, 11) is 0. The maximum absolute atomic E-state index is 13.1. The number of nitro groups is 1. The molecule has 0 spiro atoms. The lowest BCUT2D eigenvalue weighted by atomic mass is 10.2. The number of rotatable bonds is 4. The summed E-state index contributed by atoms with van der Waals surface area (Å²) in [6.45, 7) is 0.127. The second-order valence-electron chi connectivity index (χ2n) is 4.05. The van der Waals surface area contributed by atoms with Crippen LogP contribution in [-0.4, -0.2) is 10.0 Å². The van der Waals surface area contributed by atoms with Crippen molar-refractivity contribution in [2.75, 3.05) is 5.32 Å². The van der Waals surface area contributed by atoms with Gasteiger partial charge in [0.15, 0.2) is 0 Å². The van der Waals surface area contributed by atoms with Crippen molar-refractivity contribution in [1.29, 1.82) is 0 Å². The van der Waals surface area contributed by atoms with Gasteiger partial charge in [0.25, 0.3) is 5.69 Å². The van der Waals surface area contributed by atoms with E-state index in [1.165, 1.54) is 24.3 Å². The summed E-state index contributed by atoms with van der Waals surface area (Å²) in [6.07, 6.45) is 0. The van der Waals surface area contributed by atoms with Gasteiger partial charge in [-0.2, -0.15) is 0 Å². The molecule has 0 aliphatic heterocycles. The fraction of sp³-hybridized carbons (Fsp3) is 0.0769. The normalized spacial score (nSPS) is 10.3. The van der Waals surface area contributed by atoms with Gasteiger partial charge in [0.1, 0.15) is 16.6 Å². The average Bonchev–Trinajstić information content (AvgIpc) is 2.41. The van der Waals surface area contributed by atoms with Gasteiger partial charge in [-0.3, -0.25) is 10.1 Å². The highest BCUT2D eigenvalue weighted by Crippen LogP contribution is 2.28. The van der Waals surface area contributed by atoms with Gasteiger partial charge in [-0.15, -0.1) is 0 Å². The highest BCUT2D eigenvalue weighted by molar-refractivity contribution is 6.32. The molecule has 7 heteroatoms. The molecule has 0 radical (unpaired) electrons. The standard InChI is InChI=1S/C13H10ClFN2O3/c14-11-3-2-10(6-12(11)17(19)20)16-7-8-5-9(15)1-4-13(8)18/h1-6,16,18H,7H2. The summed E-state index contributed by atoms with van der Waals surface area (Å²) in [6, 6.07) is 7.81. The van der Waals surface area contributed by atoms with Crippen molar-refractivity contribution in [2.24, 2.45) is 0 Å². The van der Waals surface area contributed by atoms with E-state index in [1.54, 1.807) is 6.07 Å². The molecule has 0 unspecified atom stereocenters. The first-order valence-electron chi connectivity index (χ1n) is 5.62. The summed E-state index contributed by atoms with van der Waals surface area (Å²) >= 11 is 5.70. The number of benzene rings is 2. The van der Waals surface area contributed by atoms with Gasteiger partial charge in [-0.05, 0) is 30.3 Å². The number of hydrogen-bond donors (Lipinski definition) is 2. The summed E-state index contributed by atoms with van der Waals surface area (Å²) < 4.78 is 13.1. The molecule has 0 bridgehead atoms. The van der Waals surface area contributed by atoms with E-state index in [-0.39, 0.29) is 23.0 Å². The summed E-state index contributed by atoms with van der Waals surface area (Å²) in [4.78, 5) is 10.2. The highest BCUT2D eigenvalue weighted by atomic mass is 35.5. The van der Waals surface area contributed by atoms with Crippen molar-refractivity contribution in [3.05, 3.63) is 62.9 Å². The van der Waals surface area contributed by atoms with Crippen molar-refractivity contribution in [2.45, 2.75) is 6.54 Å². The zero-order valence-electron chi connectivity index (χ0n) is 10.1. The van der Waals surface area contributed by atoms with Crippen molar-refractivity contribution in [3.8, 4) is 5.75 Å². The molecule has 0 saturated heterocycles. The van der Waals surface area contributed by atoms with Crippen molar-refractivity contribution >= 4 is 23.0 Å². The van der Waals surface area contributed by atoms with E-state index in [4.69, 9.17) is 11.6 Å². The van der Waals surface area contributed by atoms with Crippen LogP contribution >= 0.6 is 11.6 Å². The fourth-order valence-electron chi connectivity index (χ4n) is 1.66. The molecule has 2 aromatic carbocycles. The molecule has 0 saturated carbocycles. The molecule has 0 fully saturated rings. The third kappa shape index (κ3) is 3.16. The number of aromatic hydroxyl groups is 1. The Hall–Kier alpha value is -2.34. The molecule has 0 amide bonds. The van der Waals surface area contributed by atoms with Gasteiger partial charge in [0, 0.05) is 23.9 Å². The van der Waals surface area contributed by atoms with Crippen LogP contribution in [0.1, 0.15) is 5.56 Å². The van der Waals surface area contributed by atoms with Gasteiger partial charge in [-0.1, -0.05) is 11.6 Å². The van der Waals surface area contributed by atoms with E-state index in [2.05, 4.69) is 5.32 Å². The lowest BCUT2D eigenvalue weighted by Gasteiger charge is -2.08. The minimum Gasteiger partial charge on any atom is -0.508 e. The Morgan fingerprint density at radius 1 is 1.30 bits per heavy atom. The summed E-state index contributed by atoms with van der Waals surface area (Å²) in [5.41, 5.74) is 0.576. The molecule has 0 aliphatic carbocycles. The Morgan fingerprint density at radius 3 is 2.75 bits per heavy atom. The van der Waals surface area contributed by atoms with Crippen molar-refractivity contribution in [1.82, 2.24) is 0 Å². The average molecular weight is 297 g/mol. The molecule has 0 atom stereocenters. The lowest BCUT2D eigenvalue weighted by Crippen LogP contribution is -2.01. The largest absolute Gasteiger partial charge is 0.508 e. The van der Waals surface area contributed by atoms with Crippen LogP contribution in [0.2, 0.25) is 5.02 Å². The van der Waals surface area contributed by atoms with E-state index in [0.717, 1.165) is 6.07 Å².